The third kappa shape index (κ3) is 2.50. The largest absolute Gasteiger partial charge is 0.409 e. The molecule has 5 nitrogen and oxygen atoms in total. The minimum absolute atomic E-state index is 0.0161. The van der Waals surface area contributed by atoms with Gasteiger partial charge in [-0.2, -0.15) is 0 Å². The molecular formula is C15H27N3O2. The average molecular weight is 281 g/mol. The number of nitrogens with zero attached hydrogens (tertiary/aromatic N) is 1. The Hall–Kier alpha value is -1.26. The fraction of sp³-hybridized carbons (Fsp3) is 0.867. The van der Waals surface area contributed by atoms with Crippen LogP contribution < -0.4 is 11.1 Å². The van der Waals surface area contributed by atoms with Crippen molar-refractivity contribution in [2.45, 2.75) is 58.9 Å². The molecule has 0 spiro atoms. The van der Waals surface area contributed by atoms with Gasteiger partial charge >= 0.3 is 0 Å². The number of hydrogen-bond donors (Lipinski definition) is 3. The standard InChI is InChI=1S/C15H27N3O2/c1-4-15(3,13(16)18-20)14(19)17-9(2)12-8-10-5-6-11(12)7-10/h9-12,20H,4-8H2,1-3H3,(H2,16,18)(H,17,19). The van der Waals surface area contributed by atoms with Gasteiger partial charge in [0.2, 0.25) is 5.91 Å². The highest BCUT2D eigenvalue weighted by molar-refractivity contribution is 6.06. The highest BCUT2D eigenvalue weighted by Gasteiger charge is 2.44. The number of carbonyl (C=O) groups excluding carboxylic acids is 1. The first-order chi connectivity index (χ1) is 9.42. The van der Waals surface area contributed by atoms with Crippen molar-refractivity contribution in [1.29, 1.82) is 0 Å². The van der Waals surface area contributed by atoms with Crippen molar-refractivity contribution in [2.24, 2.45) is 34.1 Å². The predicted molar refractivity (Wildman–Crippen MR) is 78.3 cm³/mol. The van der Waals surface area contributed by atoms with Crippen molar-refractivity contribution in [3.63, 3.8) is 0 Å². The summed E-state index contributed by atoms with van der Waals surface area (Å²) in [6.07, 6.45) is 5.74. The second-order valence-electron chi connectivity index (χ2n) is 6.77. The molecule has 4 N–H and O–H groups in total. The van der Waals surface area contributed by atoms with Crippen LogP contribution in [0.5, 0.6) is 0 Å². The van der Waals surface area contributed by atoms with Gasteiger partial charge in [0.05, 0.1) is 0 Å². The maximum Gasteiger partial charge on any atom is 0.233 e. The molecular weight excluding hydrogens is 254 g/mol. The first kappa shape index (κ1) is 15.1. The van der Waals surface area contributed by atoms with E-state index in [-0.39, 0.29) is 17.8 Å². The number of nitrogens with two attached hydrogens (primary N) is 1. The van der Waals surface area contributed by atoms with E-state index in [1.54, 1.807) is 6.92 Å². The van der Waals surface area contributed by atoms with Crippen LogP contribution >= 0.6 is 0 Å². The number of fused-ring (bicyclic) bond motifs is 2. The van der Waals surface area contributed by atoms with Crippen LogP contribution in [0, 0.1) is 23.2 Å². The number of hydrogen-bond acceptors (Lipinski definition) is 3. The summed E-state index contributed by atoms with van der Waals surface area (Å²) >= 11 is 0. The summed E-state index contributed by atoms with van der Waals surface area (Å²) in [7, 11) is 0. The minimum Gasteiger partial charge on any atom is -0.409 e. The molecule has 5 unspecified atom stereocenters. The lowest BCUT2D eigenvalue weighted by atomic mass is 9.81. The molecule has 2 aliphatic carbocycles. The molecule has 2 fully saturated rings. The Morgan fingerprint density at radius 2 is 2.20 bits per heavy atom. The van der Waals surface area contributed by atoms with Crippen molar-refractivity contribution in [3.8, 4) is 0 Å². The summed E-state index contributed by atoms with van der Waals surface area (Å²) < 4.78 is 0. The fourth-order valence-electron chi connectivity index (χ4n) is 3.95. The molecule has 0 aliphatic heterocycles. The van der Waals surface area contributed by atoms with E-state index in [0.717, 1.165) is 11.8 Å². The van der Waals surface area contributed by atoms with Gasteiger partial charge in [-0.05, 0) is 57.3 Å². The van der Waals surface area contributed by atoms with Crippen molar-refractivity contribution >= 4 is 11.7 Å². The van der Waals surface area contributed by atoms with Crippen LogP contribution in [0.15, 0.2) is 5.16 Å². The summed E-state index contributed by atoms with van der Waals surface area (Å²) in [6.45, 7) is 5.69. The quantitative estimate of drug-likeness (QED) is 0.312. The summed E-state index contributed by atoms with van der Waals surface area (Å²) in [5, 5.41) is 15.0. The van der Waals surface area contributed by atoms with Gasteiger partial charge in [0.15, 0.2) is 5.84 Å². The molecule has 2 saturated carbocycles. The zero-order chi connectivity index (χ0) is 14.9. The second kappa shape index (κ2) is 5.62. The van der Waals surface area contributed by atoms with E-state index in [9.17, 15) is 4.79 Å². The van der Waals surface area contributed by atoms with Crippen LogP contribution in [0.1, 0.15) is 52.9 Å². The van der Waals surface area contributed by atoms with E-state index >= 15 is 0 Å². The van der Waals surface area contributed by atoms with E-state index in [2.05, 4.69) is 17.4 Å². The summed E-state index contributed by atoms with van der Waals surface area (Å²) in [4.78, 5) is 12.5. The van der Waals surface area contributed by atoms with E-state index in [0.29, 0.717) is 12.3 Å². The molecule has 0 saturated heterocycles. The lowest BCUT2D eigenvalue weighted by molar-refractivity contribution is -0.128. The van der Waals surface area contributed by atoms with Crippen molar-refractivity contribution < 1.29 is 10.0 Å². The van der Waals surface area contributed by atoms with Gasteiger partial charge in [0, 0.05) is 6.04 Å². The van der Waals surface area contributed by atoms with Gasteiger partial charge < -0.3 is 16.3 Å². The summed E-state index contributed by atoms with van der Waals surface area (Å²) in [6, 6.07) is 0.162. The van der Waals surface area contributed by atoms with Crippen LogP contribution in [-0.4, -0.2) is 23.0 Å². The Morgan fingerprint density at radius 3 is 2.65 bits per heavy atom. The van der Waals surface area contributed by atoms with Gasteiger partial charge in [-0.1, -0.05) is 18.5 Å². The molecule has 2 rings (SSSR count). The second-order valence-corrected chi connectivity index (χ2v) is 6.77. The number of amides is 1. The molecule has 0 radical (unpaired) electrons. The average Bonchev–Trinajstić information content (AvgIpc) is 3.07. The van der Waals surface area contributed by atoms with Crippen LogP contribution in [-0.2, 0) is 4.79 Å². The highest BCUT2D eigenvalue weighted by Crippen LogP contribution is 2.49. The Balaban J connectivity index is 2.00. The van der Waals surface area contributed by atoms with E-state index in [4.69, 9.17) is 10.9 Å². The molecule has 114 valence electrons. The molecule has 5 atom stereocenters. The van der Waals surface area contributed by atoms with Gasteiger partial charge in [-0.25, -0.2) is 0 Å². The molecule has 2 aliphatic rings. The van der Waals surface area contributed by atoms with Gasteiger partial charge in [-0.15, -0.1) is 0 Å². The van der Waals surface area contributed by atoms with Crippen LogP contribution in [0.2, 0.25) is 0 Å². The molecule has 0 aromatic heterocycles. The Bertz CT molecular complexity index is 410. The molecule has 20 heavy (non-hydrogen) atoms. The molecule has 5 heteroatoms. The molecule has 0 aromatic rings. The Kier molecular flexibility index (Phi) is 4.25. The van der Waals surface area contributed by atoms with Crippen molar-refractivity contribution in [1.82, 2.24) is 5.32 Å². The smallest absolute Gasteiger partial charge is 0.233 e. The predicted octanol–water partition coefficient (Wildman–Crippen LogP) is 2.09. The third-order valence-corrected chi connectivity index (χ3v) is 5.68. The van der Waals surface area contributed by atoms with Gasteiger partial charge in [0.25, 0.3) is 0 Å². The maximum atomic E-state index is 12.5. The minimum atomic E-state index is -0.930. The lowest BCUT2D eigenvalue weighted by Crippen LogP contribution is -2.51. The van der Waals surface area contributed by atoms with E-state index in [1.165, 1.54) is 25.7 Å². The SMILES string of the molecule is CCC(C)(C(=O)NC(C)C1CC2CCC1C2)C(N)=NO. The van der Waals surface area contributed by atoms with Crippen LogP contribution in [0.3, 0.4) is 0 Å². The van der Waals surface area contributed by atoms with Gasteiger partial charge in [0.1, 0.15) is 5.41 Å². The molecule has 0 heterocycles. The molecule has 0 aromatic carbocycles. The van der Waals surface area contributed by atoms with Crippen molar-refractivity contribution in [3.05, 3.63) is 0 Å². The van der Waals surface area contributed by atoms with Crippen LogP contribution in [0.4, 0.5) is 0 Å². The zero-order valence-corrected chi connectivity index (χ0v) is 12.7. The first-order valence-corrected chi connectivity index (χ1v) is 7.71. The first-order valence-electron chi connectivity index (χ1n) is 7.71. The fourth-order valence-corrected chi connectivity index (χ4v) is 3.95. The summed E-state index contributed by atoms with van der Waals surface area (Å²) in [5.41, 5.74) is 4.76. The number of nitrogens with one attached hydrogen (secondary N) is 1. The lowest BCUT2D eigenvalue weighted by Gasteiger charge is -2.32. The third-order valence-electron chi connectivity index (χ3n) is 5.68. The zero-order valence-electron chi connectivity index (χ0n) is 12.7. The Morgan fingerprint density at radius 1 is 1.50 bits per heavy atom. The monoisotopic (exact) mass is 281 g/mol. The highest BCUT2D eigenvalue weighted by atomic mass is 16.4. The summed E-state index contributed by atoms with van der Waals surface area (Å²) in [5.74, 6) is 2.08. The maximum absolute atomic E-state index is 12.5. The van der Waals surface area contributed by atoms with E-state index < -0.39 is 5.41 Å². The number of amidine groups is 1. The number of oxime groups is 1. The van der Waals surface area contributed by atoms with Crippen molar-refractivity contribution in [2.75, 3.05) is 0 Å². The van der Waals surface area contributed by atoms with Crippen LogP contribution in [0.25, 0.3) is 0 Å². The van der Waals surface area contributed by atoms with Gasteiger partial charge in [-0.3, -0.25) is 4.79 Å². The topological polar surface area (TPSA) is 87.7 Å². The number of rotatable bonds is 5. The molecule has 1 amide bonds. The van der Waals surface area contributed by atoms with E-state index in [1.807, 2.05) is 6.92 Å². The molecule has 2 bridgehead atoms. The normalized spacial score (nSPS) is 33.8. The Labute approximate surface area is 121 Å². The number of carbonyl (C=O) groups is 1.